The lowest BCUT2D eigenvalue weighted by Crippen LogP contribution is -2.47. The van der Waals surface area contributed by atoms with Gasteiger partial charge < -0.3 is 10.8 Å². The summed E-state index contributed by atoms with van der Waals surface area (Å²) < 4.78 is 0. The van der Waals surface area contributed by atoms with Crippen LogP contribution in [0, 0.1) is 5.92 Å². The van der Waals surface area contributed by atoms with Crippen molar-refractivity contribution in [2.24, 2.45) is 11.7 Å². The van der Waals surface area contributed by atoms with E-state index in [4.69, 9.17) is 5.73 Å². The van der Waals surface area contributed by atoms with Gasteiger partial charge in [-0.3, -0.25) is 4.90 Å². The summed E-state index contributed by atoms with van der Waals surface area (Å²) in [7, 11) is 0. The maximum absolute atomic E-state index is 9.83. The van der Waals surface area contributed by atoms with E-state index in [0.717, 1.165) is 26.1 Å². The molecule has 0 bridgehead atoms. The van der Waals surface area contributed by atoms with Crippen LogP contribution < -0.4 is 5.73 Å². The van der Waals surface area contributed by atoms with Crippen molar-refractivity contribution < 1.29 is 5.11 Å². The van der Waals surface area contributed by atoms with Gasteiger partial charge in [-0.25, -0.2) is 0 Å². The van der Waals surface area contributed by atoms with Crippen LogP contribution in [0.2, 0.25) is 0 Å². The number of aliphatic hydroxyl groups is 1. The van der Waals surface area contributed by atoms with Crippen molar-refractivity contribution in [3.63, 3.8) is 0 Å². The monoisotopic (exact) mass is 198 g/mol. The smallest absolute Gasteiger partial charge is 0.0695 e. The van der Waals surface area contributed by atoms with E-state index in [-0.39, 0.29) is 6.10 Å². The van der Waals surface area contributed by atoms with Crippen molar-refractivity contribution in [3.05, 3.63) is 0 Å². The largest absolute Gasteiger partial charge is 0.391 e. The van der Waals surface area contributed by atoms with Gasteiger partial charge in [-0.1, -0.05) is 0 Å². The molecule has 14 heavy (non-hydrogen) atoms. The highest BCUT2D eigenvalue weighted by Crippen LogP contribution is 2.27. The van der Waals surface area contributed by atoms with E-state index in [9.17, 15) is 5.11 Å². The van der Waals surface area contributed by atoms with Gasteiger partial charge in [0.15, 0.2) is 0 Å². The summed E-state index contributed by atoms with van der Waals surface area (Å²) in [6.45, 7) is 3.08. The molecule has 3 heteroatoms. The minimum atomic E-state index is -0.0773. The van der Waals surface area contributed by atoms with E-state index in [2.05, 4.69) is 4.90 Å². The van der Waals surface area contributed by atoms with Crippen molar-refractivity contribution in [2.45, 2.75) is 44.2 Å². The highest BCUT2D eigenvalue weighted by molar-refractivity contribution is 4.88. The van der Waals surface area contributed by atoms with Crippen LogP contribution in [-0.4, -0.2) is 41.8 Å². The van der Waals surface area contributed by atoms with Crippen LogP contribution >= 0.6 is 0 Å². The normalized spacial score (nSPS) is 40.3. The van der Waals surface area contributed by atoms with Gasteiger partial charge in [0, 0.05) is 12.6 Å². The van der Waals surface area contributed by atoms with Gasteiger partial charge in [-0.05, 0) is 51.1 Å². The topological polar surface area (TPSA) is 49.5 Å². The lowest BCUT2D eigenvalue weighted by molar-refractivity contribution is 0.0446. The zero-order valence-corrected chi connectivity index (χ0v) is 8.86. The van der Waals surface area contributed by atoms with Crippen LogP contribution in [0.1, 0.15) is 32.1 Å². The zero-order chi connectivity index (χ0) is 9.97. The molecule has 2 fully saturated rings. The molecule has 2 aliphatic rings. The molecule has 0 aromatic carbocycles. The molecule has 1 aliphatic heterocycles. The third-order valence-corrected chi connectivity index (χ3v) is 3.80. The average Bonchev–Trinajstić information content (AvgIpc) is 2.65. The lowest BCUT2D eigenvalue weighted by atomic mass is 9.96. The van der Waals surface area contributed by atoms with Crippen molar-refractivity contribution in [3.8, 4) is 0 Å². The quantitative estimate of drug-likeness (QED) is 0.682. The van der Waals surface area contributed by atoms with Crippen molar-refractivity contribution >= 4 is 0 Å². The lowest BCUT2D eigenvalue weighted by Gasteiger charge is -2.37. The first-order valence-electron chi connectivity index (χ1n) is 5.93. The number of aliphatic hydroxyl groups excluding tert-OH is 1. The van der Waals surface area contributed by atoms with Crippen LogP contribution in [0.15, 0.2) is 0 Å². The summed E-state index contributed by atoms with van der Waals surface area (Å²) >= 11 is 0. The minimum Gasteiger partial charge on any atom is -0.391 e. The first-order valence-corrected chi connectivity index (χ1v) is 5.93. The second-order valence-corrected chi connectivity index (χ2v) is 4.80. The molecular weight excluding hydrogens is 176 g/mol. The molecular formula is C11H22N2O. The molecule has 3 atom stereocenters. The summed E-state index contributed by atoms with van der Waals surface area (Å²) in [6.07, 6.45) is 5.82. The number of nitrogens with two attached hydrogens (primary N) is 1. The molecule has 3 nitrogen and oxygen atoms in total. The predicted octanol–water partition coefficient (Wildman–Crippen LogP) is 0.570. The number of nitrogens with zero attached hydrogens (tertiary/aromatic N) is 1. The molecule has 3 unspecified atom stereocenters. The van der Waals surface area contributed by atoms with E-state index in [1.54, 1.807) is 0 Å². The first kappa shape index (κ1) is 10.4. The van der Waals surface area contributed by atoms with Gasteiger partial charge in [0.05, 0.1) is 6.10 Å². The van der Waals surface area contributed by atoms with Crippen LogP contribution in [0.25, 0.3) is 0 Å². The second kappa shape index (κ2) is 4.60. The number of hydrogen-bond acceptors (Lipinski definition) is 3. The summed E-state index contributed by atoms with van der Waals surface area (Å²) in [5.41, 5.74) is 5.71. The molecule has 3 N–H and O–H groups in total. The molecule has 1 heterocycles. The Labute approximate surface area is 86.3 Å². The second-order valence-electron chi connectivity index (χ2n) is 4.80. The Balaban J connectivity index is 1.90. The van der Waals surface area contributed by atoms with Crippen LogP contribution in [0.3, 0.4) is 0 Å². The molecule has 2 rings (SSSR count). The standard InChI is InChI=1S/C11H22N2O/c12-7-9-3-2-6-13(8-9)10-4-1-5-11(10)14/h9-11,14H,1-8,12H2. The first-order chi connectivity index (χ1) is 6.81. The Morgan fingerprint density at radius 2 is 2.07 bits per heavy atom. The van der Waals surface area contributed by atoms with Crippen molar-refractivity contribution in [2.75, 3.05) is 19.6 Å². The Hall–Kier alpha value is -0.120. The maximum Gasteiger partial charge on any atom is 0.0695 e. The minimum absolute atomic E-state index is 0.0773. The van der Waals surface area contributed by atoms with Gasteiger partial charge in [-0.15, -0.1) is 0 Å². The fourth-order valence-electron chi connectivity index (χ4n) is 2.94. The van der Waals surface area contributed by atoms with Gasteiger partial charge in [0.25, 0.3) is 0 Å². The third kappa shape index (κ3) is 2.10. The Bertz CT molecular complexity index is 186. The predicted molar refractivity (Wildman–Crippen MR) is 57.0 cm³/mol. The summed E-state index contributed by atoms with van der Waals surface area (Å²) in [4.78, 5) is 2.47. The van der Waals surface area contributed by atoms with E-state index < -0.39 is 0 Å². The third-order valence-electron chi connectivity index (χ3n) is 3.80. The number of likely N-dealkylation sites (tertiary alicyclic amines) is 1. The summed E-state index contributed by atoms with van der Waals surface area (Å²) in [5.74, 6) is 0.663. The molecule has 1 aliphatic carbocycles. The maximum atomic E-state index is 9.83. The molecule has 0 spiro atoms. The highest BCUT2D eigenvalue weighted by Gasteiger charge is 2.32. The van der Waals surface area contributed by atoms with Crippen LogP contribution in [0.5, 0.6) is 0 Å². The molecule has 0 amide bonds. The Kier molecular flexibility index (Phi) is 3.42. The highest BCUT2D eigenvalue weighted by atomic mass is 16.3. The van der Waals surface area contributed by atoms with Gasteiger partial charge in [0.1, 0.15) is 0 Å². The fraction of sp³-hybridized carbons (Fsp3) is 1.00. The van der Waals surface area contributed by atoms with Crippen molar-refractivity contribution in [1.29, 1.82) is 0 Å². The molecule has 0 aromatic heterocycles. The Morgan fingerprint density at radius 1 is 1.21 bits per heavy atom. The zero-order valence-electron chi connectivity index (χ0n) is 8.86. The van der Waals surface area contributed by atoms with Gasteiger partial charge >= 0.3 is 0 Å². The van der Waals surface area contributed by atoms with E-state index in [1.807, 2.05) is 0 Å². The fourth-order valence-corrected chi connectivity index (χ4v) is 2.94. The van der Waals surface area contributed by atoms with E-state index >= 15 is 0 Å². The summed E-state index contributed by atoms with van der Waals surface area (Å²) in [5, 5.41) is 9.83. The van der Waals surface area contributed by atoms with E-state index in [1.165, 1.54) is 25.7 Å². The van der Waals surface area contributed by atoms with Crippen molar-refractivity contribution in [1.82, 2.24) is 4.90 Å². The number of rotatable bonds is 2. The molecule has 0 aromatic rings. The van der Waals surface area contributed by atoms with Gasteiger partial charge in [0.2, 0.25) is 0 Å². The SMILES string of the molecule is NCC1CCCN(C2CCCC2O)C1. The van der Waals surface area contributed by atoms with Crippen LogP contribution in [-0.2, 0) is 0 Å². The molecule has 1 saturated carbocycles. The summed E-state index contributed by atoms with van der Waals surface area (Å²) in [6, 6.07) is 0.435. The number of hydrogen-bond donors (Lipinski definition) is 2. The van der Waals surface area contributed by atoms with Gasteiger partial charge in [-0.2, -0.15) is 0 Å². The molecule has 1 saturated heterocycles. The number of piperidine rings is 1. The molecule has 0 radical (unpaired) electrons. The van der Waals surface area contributed by atoms with E-state index in [0.29, 0.717) is 12.0 Å². The Morgan fingerprint density at radius 3 is 2.71 bits per heavy atom. The average molecular weight is 198 g/mol. The van der Waals surface area contributed by atoms with Crippen LogP contribution in [0.4, 0.5) is 0 Å². The molecule has 82 valence electrons.